The molecule has 1 aliphatic rings. The summed E-state index contributed by atoms with van der Waals surface area (Å²) in [5, 5.41) is 2.80. The van der Waals surface area contributed by atoms with E-state index in [0.29, 0.717) is 0 Å². The maximum atomic E-state index is 3.68. The summed E-state index contributed by atoms with van der Waals surface area (Å²) in [5.41, 5.74) is 6.11. The standard InChI is InChI=1S/C23H18Br2S2/c1-12-22(18-10-14(24)6-8-20(18)26-12)16-4-3-5-17(16)23-13(2)27-21-9-7-15(25)11-19(21)23/h6-11H,3-5H2,1-2H3. The molecular formula is C23H18Br2S2. The predicted octanol–water partition coefficient (Wildman–Crippen LogP) is 9.35. The van der Waals surface area contributed by atoms with Crippen molar-refractivity contribution in [1.29, 1.82) is 0 Å². The van der Waals surface area contributed by atoms with Gasteiger partial charge in [-0.2, -0.15) is 0 Å². The van der Waals surface area contributed by atoms with Crippen LogP contribution in [0, 0.1) is 13.8 Å². The molecule has 2 aromatic heterocycles. The second-order valence-corrected chi connectivity index (χ2v) is 11.5. The topological polar surface area (TPSA) is 0 Å². The zero-order valence-corrected chi connectivity index (χ0v) is 20.0. The van der Waals surface area contributed by atoms with Crippen molar-refractivity contribution in [1.82, 2.24) is 0 Å². The average molecular weight is 518 g/mol. The van der Waals surface area contributed by atoms with Gasteiger partial charge in [0.2, 0.25) is 0 Å². The van der Waals surface area contributed by atoms with Gasteiger partial charge in [-0.25, -0.2) is 0 Å². The molecule has 0 aliphatic heterocycles. The number of allylic oxidation sites excluding steroid dienone is 2. The highest BCUT2D eigenvalue weighted by Gasteiger charge is 2.25. The molecule has 4 aromatic rings. The largest absolute Gasteiger partial charge is 0.140 e. The lowest BCUT2D eigenvalue weighted by Gasteiger charge is -2.10. The number of halogens is 2. The van der Waals surface area contributed by atoms with Crippen LogP contribution >= 0.6 is 54.5 Å². The van der Waals surface area contributed by atoms with Crippen LogP contribution in [0.3, 0.4) is 0 Å². The highest BCUT2D eigenvalue weighted by Crippen LogP contribution is 2.49. The molecule has 2 aromatic carbocycles. The molecule has 0 atom stereocenters. The van der Waals surface area contributed by atoms with E-state index in [-0.39, 0.29) is 0 Å². The van der Waals surface area contributed by atoms with Gasteiger partial charge in [-0.3, -0.25) is 0 Å². The van der Waals surface area contributed by atoms with Crippen molar-refractivity contribution < 1.29 is 0 Å². The Bertz CT molecular complexity index is 1140. The summed E-state index contributed by atoms with van der Waals surface area (Å²) >= 11 is 11.2. The molecule has 136 valence electrons. The smallest absolute Gasteiger partial charge is 0.0352 e. The third-order valence-electron chi connectivity index (χ3n) is 5.47. The van der Waals surface area contributed by atoms with Gasteiger partial charge in [-0.05, 0) is 91.8 Å². The van der Waals surface area contributed by atoms with Crippen molar-refractivity contribution in [2.24, 2.45) is 0 Å². The van der Waals surface area contributed by atoms with E-state index in [2.05, 4.69) is 82.1 Å². The molecular weight excluding hydrogens is 500 g/mol. The summed E-state index contributed by atoms with van der Waals surface area (Å²) in [5.74, 6) is 0. The zero-order chi connectivity index (χ0) is 18.7. The van der Waals surface area contributed by atoms with Crippen LogP contribution in [0.1, 0.15) is 40.1 Å². The number of hydrogen-bond acceptors (Lipinski definition) is 2. The Kier molecular flexibility index (Phi) is 4.59. The van der Waals surface area contributed by atoms with E-state index in [1.165, 1.54) is 60.3 Å². The molecule has 1 aliphatic carbocycles. The summed E-state index contributed by atoms with van der Waals surface area (Å²) in [6.07, 6.45) is 3.61. The quantitative estimate of drug-likeness (QED) is 0.248. The fourth-order valence-electron chi connectivity index (χ4n) is 4.43. The van der Waals surface area contributed by atoms with Gasteiger partial charge < -0.3 is 0 Å². The molecule has 0 fully saturated rings. The molecule has 0 spiro atoms. The minimum atomic E-state index is 1.16. The van der Waals surface area contributed by atoms with Gasteiger partial charge in [0.25, 0.3) is 0 Å². The number of fused-ring (bicyclic) bond motifs is 2. The van der Waals surface area contributed by atoms with E-state index in [9.17, 15) is 0 Å². The summed E-state index contributed by atoms with van der Waals surface area (Å²) in [6, 6.07) is 13.4. The molecule has 0 radical (unpaired) electrons. The van der Waals surface area contributed by atoms with Crippen LogP contribution in [-0.2, 0) is 0 Å². The summed E-state index contributed by atoms with van der Waals surface area (Å²) in [7, 11) is 0. The molecule has 0 amide bonds. The number of aryl methyl sites for hydroxylation is 2. The van der Waals surface area contributed by atoms with Crippen molar-refractivity contribution in [2.45, 2.75) is 33.1 Å². The second kappa shape index (κ2) is 6.84. The third-order valence-corrected chi connectivity index (χ3v) is 8.63. The Morgan fingerprint density at radius 2 is 1.15 bits per heavy atom. The number of rotatable bonds is 2. The van der Waals surface area contributed by atoms with Gasteiger partial charge in [0.05, 0.1) is 0 Å². The first kappa shape index (κ1) is 18.1. The molecule has 0 bridgehead atoms. The molecule has 0 saturated heterocycles. The van der Waals surface area contributed by atoms with E-state index >= 15 is 0 Å². The van der Waals surface area contributed by atoms with Crippen LogP contribution in [0.2, 0.25) is 0 Å². The van der Waals surface area contributed by atoms with E-state index < -0.39 is 0 Å². The van der Waals surface area contributed by atoms with Gasteiger partial charge in [-0.15, -0.1) is 22.7 Å². The van der Waals surface area contributed by atoms with Gasteiger partial charge in [0, 0.05) is 38.9 Å². The van der Waals surface area contributed by atoms with Crippen LogP contribution in [0.5, 0.6) is 0 Å². The maximum absolute atomic E-state index is 3.68. The van der Waals surface area contributed by atoms with E-state index in [4.69, 9.17) is 0 Å². The first-order valence-corrected chi connectivity index (χ1v) is 12.3. The van der Waals surface area contributed by atoms with Gasteiger partial charge in [-0.1, -0.05) is 31.9 Å². The van der Waals surface area contributed by atoms with Crippen LogP contribution in [0.25, 0.3) is 31.3 Å². The molecule has 0 N–H and O–H groups in total. The lowest BCUT2D eigenvalue weighted by Crippen LogP contribution is -1.88. The minimum Gasteiger partial charge on any atom is -0.140 e. The molecule has 0 nitrogen and oxygen atoms in total. The van der Waals surface area contributed by atoms with E-state index in [1.54, 1.807) is 11.1 Å². The van der Waals surface area contributed by atoms with Crippen molar-refractivity contribution in [3.8, 4) is 0 Å². The first-order chi connectivity index (χ1) is 13.0. The maximum Gasteiger partial charge on any atom is 0.0352 e. The van der Waals surface area contributed by atoms with Crippen molar-refractivity contribution in [3.05, 3.63) is 66.2 Å². The van der Waals surface area contributed by atoms with E-state index in [0.717, 1.165) is 8.95 Å². The summed E-state index contributed by atoms with van der Waals surface area (Å²) in [4.78, 5) is 2.88. The van der Waals surface area contributed by atoms with Crippen LogP contribution in [0.15, 0.2) is 45.3 Å². The van der Waals surface area contributed by atoms with Crippen LogP contribution in [0.4, 0.5) is 0 Å². The van der Waals surface area contributed by atoms with Crippen LogP contribution in [-0.4, -0.2) is 0 Å². The molecule has 27 heavy (non-hydrogen) atoms. The monoisotopic (exact) mass is 516 g/mol. The second-order valence-electron chi connectivity index (χ2n) is 7.16. The molecule has 0 saturated carbocycles. The van der Waals surface area contributed by atoms with Gasteiger partial charge >= 0.3 is 0 Å². The number of benzene rings is 2. The van der Waals surface area contributed by atoms with Gasteiger partial charge in [0.1, 0.15) is 0 Å². The molecule has 4 heteroatoms. The minimum absolute atomic E-state index is 1.16. The first-order valence-electron chi connectivity index (χ1n) is 9.13. The van der Waals surface area contributed by atoms with Crippen LogP contribution < -0.4 is 0 Å². The Hall–Kier alpha value is -0.940. The zero-order valence-electron chi connectivity index (χ0n) is 15.2. The predicted molar refractivity (Wildman–Crippen MR) is 129 cm³/mol. The Labute approximate surface area is 184 Å². The number of thiophene rings is 2. The fourth-order valence-corrected chi connectivity index (χ4v) is 7.30. The van der Waals surface area contributed by atoms with E-state index in [1.807, 2.05) is 22.7 Å². The van der Waals surface area contributed by atoms with Crippen molar-refractivity contribution in [2.75, 3.05) is 0 Å². The SMILES string of the molecule is Cc1sc2ccc(Br)cc2c1C1=C(c2c(C)sc3ccc(Br)cc23)CCC1. The Morgan fingerprint density at radius 3 is 1.59 bits per heavy atom. The average Bonchev–Trinajstić information content (AvgIpc) is 3.28. The summed E-state index contributed by atoms with van der Waals surface area (Å²) in [6.45, 7) is 4.57. The van der Waals surface area contributed by atoms with Crippen molar-refractivity contribution >= 4 is 85.9 Å². The lowest BCUT2D eigenvalue weighted by molar-refractivity contribution is 0.942. The number of hydrogen-bond donors (Lipinski definition) is 0. The van der Waals surface area contributed by atoms with Gasteiger partial charge in [0.15, 0.2) is 0 Å². The lowest BCUT2D eigenvalue weighted by atomic mass is 9.94. The molecule has 5 rings (SSSR count). The molecule has 2 heterocycles. The molecule has 0 unspecified atom stereocenters. The highest BCUT2D eigenvalue weighted by molar-refractivity contribution is 9.10. The Balaban J connectivity index is 1.82. The normalized spacial score (nSPS) is 14.8. The Morgan fingerprint density at radius 1 is 0.704 bits per heavy atom. The third kappa shape index (κ3) is 2.96. The summed E-state index contributed by atoms with van der Waals surface area (Å²) < 4.78 is 5.10. The highest BCUT2D eigenvalue weighted by atomic mass is 79.9. The van der Waals surface area contributed by atoms with Crippen molar-refractivity contribution in [3.63, 3.8) is 0 Å². The fraction of sp³-hybridized carbons (Fsp3) is 0.217.